The van der Waals surface area contributed by atoms with Crippen LogP contribution < -0.4 is 0 Å². The first-order valence-corrected chi connectivity index (χ1v) is 38.9. The Bertz CT molecular complexity index is 6580. The van der Waals surface area contributed by atoms with Crippen molar-refractivity contribution in [2.24, 2.45) is 0 Å². The van der Waals surface area contributed by atoms with Gasteiger partial charge in [0.25, 0.3) is 0 Å². The van der Waals surface area contributed by atoms with Gasteiger partial charge in [-0.15, -0.1) is 0 Å². The van der Waals surface area contributed by atoms with Gasteiger partial charge in [0, 0.05) is 91.5 Å². The summed E-state index contributed by atoms with van der Waals surface area (Å²) in [6.07, 6.45) is 7.08. The van der Waals surface area contributed by atoms with Crippen molar-refractivity contribution in [3.05, 3.63) is 401 Å². The van der Waals surface area contributed by atoms with Crippen LogP contribution >= 0.6 is 0 Å². The number of hydrogen-bond donors (Lipinski definition) is 0. The number of aromatic nitrogens is 18. The van der Waals surface area contributed by atoms with E-state index in [4.69, 9.17) is 79.7 Å². The Morgan fingerprint density at radius 3 is 0.642 bits per heavy atom. The first kappa shape index (κ1) is 73.3. The predicted octanol–water partition coefficient (Wildman–Crippen LogP) is 22.5. The summed E-state index contributed by atoms with van der Waals surface area (Å²) in [5.74, 6) is 6.88. The van der Waals surface area contributed by atoms with E-state index in [-0.39, 0.29) is 0 Å². The fourth-order valence-electron chi connectivity index (χ4n) is 13.9. The SMILES string of the molecule is c1ccc(-c2nc(-c3ccccc3)nc(-c3cccc(-c4cc(-c5ccccn5)nc(-c5cc(-c6nc(-c7ccccc7)nc(-c7ccccc7)n6)ccn5)c4)c3)n2)cc1.c1ccc(-c2nc(-c3ccccc3)nc(-c3ccnc(-c4cc(-c5ccccc5-c5nc(-c6ccccc6)nc(-c6ccccc6)n5)cc(-c5ccccn5)n4)c3)n2)cc1. The van der Waals surface area contributed by atoms with Gasteiger partial charge >= 0.3 is 0 Å². The van der Waals surface area contributed by atoms with E-state index >= 15 is 0 Å². The van der Waals surface area contributed by atoms with E-state index in [9.17, 15) is 0 Å². The Balaban J connectivity index is 0.000000159. The maximum Gasteiger partial charge on any atom is 0.164 e. The molecule has 10 aromatic heterocycles. The highest BCUT2D eigenvalue weighted by Gasteiger charge is 2.23. The zero-order valence-electron chi connectivity index (χ0n) is 64.2. The Morgan fingerprint density at radius 2 is 0.333 bits per heavy atom. The number of benzene rings is 10. The molecule has 18 nitrogen and oxygen atoms in total. The van der Waals surface area contributed by atoms with Crippen molar-refractivity contribution in [3.63, 3.8) is 0 Å². The highest BCUT2D eigenvalue weighted by atomic mass is 15.1. The molecule has 0 atom stereocenters. The van der Waals surface area contributed by atoms with Crippen LogP contribution in [0.25, 0.3) is 204 Å². The standard InChI is InChI=1S/2C51H33N9/c1-5-17-34(18-6-1)46-55-47(35-19-7-2-8-20-35)58-50(57-46)38-28-30-53-43(31-38)45-33-39(32-44(54-45)42-27-15-16-29-52-42)40-25-13-14-26-41(40)51-59-48(36-21-9-3-10-22-36)56-49(60-51)37-23-11-4-12-24-37;1-5-16-34(17-6-1)46-55-47(35-18-7-2-8-19-35)58-50(57-46)39-25-15-24-38(30-39)41-32-44(42-26-13-14-28-52-42)54-45(33-41)43-31-40(27-29-53-43)51-59-48(36-20-9-3-10-21-36)56-49(60-51)37-22-11-4-12-23-37/h2*1-33H. The molecule has 0 amide bonds. The van der Waals surface area contributed by atoms with Gasteiger partial charge in [0.1, 0.15) is 0 Å². The van der Waals surface area contributed by atoms with Gasteiger partial charge in [-0.25, -0.2) is 69.8 Å². The summed E-state index contributed by atoms with van der Waals surface area (Å²) in [6.45, 7) is 0. The van der Waals surface area contributed by atoms with Gasteiger partial charge in [0.2, 0.25) is 0 Å². The molecule has 10 heterocycles. The lowest BCUT2D eigenvalue weighted by molar-refractivity contribution is 1.07. The molecule has 0 unspecified atom stereocenters. The van der Waals surface area contributed by atoms with Crippen LogP contribution in [-0.2, 0) is 0 Å². The summed E-state index contributed by atoms with van der Waals surface area (Å²) >= 11 is 0. The summed E-state index contributed by atoms with van der Waals surface area (Å²) in [5.41, 5.74) is 19.6. The van der Waals surface area contributed by atoms with Crippen LogP contribution in [0.1, 0.15) is 0 Å². The first-order valence-electron chi connectivity index (χ1n) is 38.9. The molecule has 0 radical (unpaired) electrons. The van der Waals surface area contributed by atoms with Gasteiger partial charge in [0.05, 0.1) is 45.6 Å². The topological polar surface area (TPSA) is 232 Å². The molecule has 10 aromatic carbocycles. The normalized spacial score (nSPS) is 11.0. The lowest BCUT2D eigenvalue weighted by Crippen LogP contribution is -2.01. The molecule has 0 spiro atoms. The van der Waals surface area contributed by atoms with E-state index in [0.29, 0.717) is 104 Å². The van der Waals surface area contributed by atoms with Crippen LogP contribution in [0.15, 0.2) is 401 Å². The quantitative estimate of drug-likeness (QED) is 0.0777. The number of rotatable bonds is 18. The van der Waals surface area contributed by atoms with Crippen molar-refractivity contribution >= 4 is 0 Å². The van der Waals surface area contributed by atoms with Gasteiger partial charge in [-0.1, -0.05) is 297 Å². The minimum Gasteiger partial charge on any atom is -0.255 e. The van der Waals surface area contributed by atoms with Crippen molar-refractivity contribution in [1.82, 2.24) is 89.7 Å². The van der Waals surface area contributed by atoms with Gasteiger partial charge in [-0.05, 0) is 101 Å². The average Bonchev–Trinajstić information content (AvgIpc) is 0.763. The minimum atomic E-state index is 0.524. The van der Waals surface area contributed by atoms with Crippen LogP contribution in [-0.4, -0.2) is 89.7 Å². The van der Waals surface area contributed by atoms with Crippen molar-refractivity contribution in [1.29, 1.82) is 0 Å². The molecule has 0 N–H and O–H groups in total. The molecular formula is C102H66N18. The third-order valence-corrected chi connectivity index (χ3v) is 19.8. The lowest BCUT2D eigenvalue weighted by Gasteiger charge is -2.14. The van der Waals surface area contributed by atoms with Crippen LogP contribution in [0.3, 0.4) is 0 Å². The molecule has 20 rings (SSSR count). The van der Waals surface area contributed by atoms with Crippen molar-refractivity contribution in [2.45, 2.75) is 0 Å². The van der Waals surface area contributed by atoms with Gasteiger partial charge in [0.15, 0.2) is 69.9 Å². The third kappa shape index (κ3) is 16.5. The Labute approximate surface area is 690 Å². The molecular weight excluding hydrogens is 1480 g/mol. The first-order chi connectivity index (χ1) is 59.4. The predicted molar refractivity (Wildman–Crippen MR) is 471 cm³/mol. The van der Waals surface area contributed by atoms with E-state index in [2.05, 4.69) is 40.3 Å². The van der Waals surface area contributed by atoms with Crippen LogP contribution in [0.4, 0.5) is 0 Å². The molecule has 0 aliphatic heterocycles. The maximum atomic E-state index is 5.16. The number of pyridine rings is 6. The molecule has 0 saturated carbocycles. The van der Waals surface area contributed by atoms with Gasteiger partial charge in [-0.2, -0.15) is 0 Å². The summed E-state index contributed by atoms with van der Waals surface area (Å²) < 4.78 is 0. The highest BCUT2D eigenvalue weighted by Crippen LogP contribution is 2.39. The smallest absolute Gasteiger partial charge is 0.164 e. The second-order valence-electron chi connectivity index (χ2n) is 27.8. The fraction of sp³-hybridized carbons (Fsp3) is 0. The average molecular weight is 1540 g/mol. The Morgan fingerprint density at radius 1 is 0.108 bits per heavy atom. The summed E-state index contributed by atoms with van der Waals surface area (Å²) in [5, 5.41) is 0. The molecule has 120 heavy (non-hydrogen) atoms. The molecule has 0 aliphatic carbocycles. The van der Waals surface area contributed by atoms with E-state index in [0.717, 1.165) is 100 Å². The lowest BCUT2D eigenvalue weighted by atomic mass is 9.97. The minimum absolute atomic E-state index is 0.524. The van der Waals surface area contributed by atoms with Gasteiger partial charge in [-0.3, -0.25) is 19.9 Å². The van der Waals surface area contributed by atoms with E-state index in [1.54, 1.807) is 24.8 Å². The maximum absolute atomic E-state index is 5.16. The Hall–Kier alpha value is -16.9. The zero-order valence-corrected chi connectivity index (χ0v) is 64.2. The van der Waals surface area contributed by atoms with Crippen LogP contribution in [0.5, 0.6) is 0 Å². The molecule has 0 aliphatic rings. The summed E-state index contributed by atoms with van der Waals surface area (Å²) in [6, 6.07) is 124. The molecule has 0 saturated heterocycles. The van der Waals surface area contributed by atoms with Crippen molar-refractivity contribution in [3.8, 4) is 204 Å². The molecule has 20 aromatic rings. The van der Waals surface area contributed by atoms with E-state index in [1.807, 2.05) is 346 Å². The van der Waals surface area contributed by atoms with Gasteiger partial charge < -0.3 is 0 Å². The van der Waals surface area contributed by atoms with Crippen molar-refractivity contribution in [2.75, 3.05) is 0 Å². The second kappa shape index (κ2) is 34.1. The van der Waals surface area contributed by atoms with Crippen LogP contribution in [0, 0.1) is 0 Å². The largest absolute Gasteiger partial charge is 0.255 e. The summed E-state index contributed by atoms with van der Waals surface area (Å²) in [7, 11) is 0. The molecule has 0 fully saturated rings. The number of hydrogen-bond acceptors (Lipinski definition) is 18. The zero-order chi connectivity index (χ0) is 80.2. The molecule has 564 valence electrons. The molecule has 0 bridgehead atoms. The Kier molecular flexibility index (Phi) is 20.8. The van der Waals surface area contributed by atoms with Crippen molar-refractivity contribution < 1.29 is 0 Å². The van der Waals surface area contributed by atoms with Crippen LogP contribution in [0.2, 0.25) is 0 Å². The third-order valence-electron chi connectivity index (χ3n) is 19.8. The number of nitrogens with zero attached hydrogens (tertiary/aromatic N) is 18. The second-order valence-corrected chi connectivity index (χ2v) is 27.8. The fourth-order valence-corrected chi connectivity index (χ4v) is 13.9. The highest BCUT2D eigenvalue weighted by molar-refractivity contribution is 5.86. The molecule has 18 heteroatoms. The summed E-state index contributed by atoms with van der Waals surface area (Å²) in [4.78, 5) is 88.8. The van der Waals surface area contributed by atoms with E-state index < -0.39 is 0 Å². The monoisotopic (exact) mass is 1540 g/mol. The van der Waals surface area contributed by atoms with E-state index in [1.165, 1.54) is 0 Å².